The van der Waals surface area contributed by atoms with E-state index in [9.17, 15) is 8.42 Å². The van der Waals surface area contributed by atoms with Gasteiger partial charge in [0.2, 0.25) is 0 Å². The van der Waals surface area contributed by atoms with E-state index >= 15 is 0 Å². The van der Waals surface area contributed by atoms with Crippen molar-refractivity contribution in [3.63, 3.8) is 0 Å². The average molecular weight is 326 g/mol. The Morgan fingerprint density at radius 1 is 1.18 bits per heavy atom. The number of rotatable bonds is 7. The van der Waals surface area contributed by atoms with Crippen LogP contribution in [0.4, 0.5) is 0 Å². The molecular formula is C16H26N2O3S. The molecule has 1 aromatic carbocycles. The molecule has 124 valence electrons. The lowest BCUT2D eigenvalue weighted by Crippen LogP contribution is -2.53. The van der Waals surface area contributed by atoms with E-state index in [1.807, 2.05) is 6.07 Å². The van der Waals surface area contributed by atoms with Crippen molar-refractivity contribution in [1.29, 1.82) is 0 Å². The van der Waals surface area contributed by atoms with Crippen molar-refractivity contribution >= 4 is 9.84 Å². The van der Waals surface area contributed by atoms with Gasteiger partial charge in [0, 0.05) is 45.9 Å². The number of methoxy groups -OCH3 is 1. The van der Waals surface area contributed by atoms with Gasteiger partial charge in [-0.3, -0.25) is 9.80 Å². The maximum Gasteiger partial charge on any atom is 0.179 e. The van der Waals surface area contributed by atoms with Crippen LogP contribution >= 0.6 is 0 Å². The number of ether oxygens (including phenoxy) is 1. The molecule has 1 aromatic rings. The number of hydrogen-bond donors (Lipinski definition) is 0. The van der Waals surface area contributed by atoms with Crippen LogP contribution in [0.3, 0.4) is 0 Å². The van der Waals surface area contributed by atoms with E-state index in [4.69, 9.17) is 4.74 Å². The molecule has 1 aliphatic heterocycles. The summed E-state index contributed by atoms with van der Waals surface area (Å²) in [5.41, 5.74) is 0. The highest BCUT2D eigenvalue weighted by molar-refractivity contribution is 7.91. The van der Waals surface area contributed by atoms with Crippen LogP contribution in [0.1, 0.15) is 6.92 Å². The van der Waals surface area contributed by atoms with Gasteiger partial charge >= 0.3 is 0 Å². The summed E-state index contributed by atoms with van der Waals surface area (Å²) in [6.07, 6.45) is 0. The highest BCUT2D eigenvalue weighted by Gasteiger charge is 2.24. The lowest BCUT2D eigenvalue weighted by Gasteiger charge is -2.39. The van der Waals surface area contributed by atoms with Crippen LogP contribution in [0.2, 0.25) is 0 Å². The van der Waals surface area contributed by atoms with Crippen LogP contribution < -0.4 is 0 Å². The Morgan fingerprint density at radius 2 is 1.91 bits per heavy atom. The smallest absolute Gasteiger partial charge is 0.179 e. The van der Waals surface area contributed by atoms with E-state index < -0.39 is 9.84 Å². The van der Waals surface area contributed by atoms with Crippen LogP contribution in [0.15, 0.2) is 35.2 Å². The largest absolute Gasteiger partial charge is 0.383 e. The molecule has 22 heavy (non-hydrogen) atoms. The van der Waals surface area contributed by atoms with Crippen molar-refractivity contribution in [1.82, 2.24) is 9.80 Å². The molecule has 1 fully saturated rings. The zero-order chi connectivity index (χ0) is 16.0. The van der Waals surface area contributed by atoms with Gasteiger partial charge in [0.05, 0.1) is 17.3 Å². The van der Waals surface area contributed by atoms with Gasteiger partial charge in [0.1, 0.15) is 0 Å². The van der Waals surface area contributed by atoms with Crippen LogP contribution in [0, 0.1) is 0 Å². The first-order valence-electron chi connectivity index (χ1n) is 7.76. The topological polar surface area (TPSA) is 49.9 Å². The lowest BCUT2D eigenvalue weighted by atomic mass is 10.2. The minimum Gasteiger partial charge on any atom is -0.383 e. The summed E-state index contributed by atoms with van der Waals surface area (Å²) in [5.74, 6) is 0.182. The fourth-order valence-corrected chi connectivity index (χ4v) is 4.12. The van der Waals surface area contributed by atoms with Crippen molar-refractivity contribution in [3.8, 4) is 0 Å². The highest BCUT2D eigenvalue weighted by Crippen LogP contribution is 2.13. The molecule has 1 heterocycles. The Bertz CT molecular complexity index is 548. The fourth-order valence-electron chi connectivity index (χ4n) is 2.81. The van der Waals surface area contributed by atoms with Gasteiger partial charge in [0.25, 0.3) is 0 Å². The van der Waals surface area contributed by atoms with Crippen molar-refractivity contribution < 1.29 is 13.2 Å². The van der Waals surface area contributed by atoms with E-state index in [2.05, 4.69) is 16.7 Å². The standard InChI is InChI=1S/C16H26N2O3S/c1-15-14-17(8-9-18(15)10-12-21-2)11-13-22(19,20)16-6-4-3-5-7-16/h3-7,15H,8-14H2,1-2H3. The Morgan fingerprint density at radius 3 is 2.55 bits per heavy atom. The summed E-state index contributed by atoms with van der Waals surface area (Å²) in [6, 6.07) is 9.14. The summed E-state index contributed by atoms with van der Waals surface area (Å²) in [4.78, 5) is 5.06. The molecule has 1 atom stereocenters. The monoisotopic (exact) mass is 326 g/mol. The highest BCUT2D eigenvalue weighted by atomic mass is 32.2. The first kappa shape index (κ1) is 17.4. The quantitative estimate of drug-likeness (QED) is 0.751. The first-order valence-corrected chi connectivity index (χ1v) is 9.41. The van der Waals surface area contributed by atoms with E-state index in [-0.39, 0.29) is 5.75 Å². The molecule has 0 aromatic heterocycles. The van der Waals surface area contributed by atoms with Gasteiger partial charge in [-0.25, -0.2) is 8.42 Å². The van der Waals surface area contributed by atoms with E-state index in [0.717, 1.165) is 32.8 Å². The van der Waals surface area contributed by atoms with Gasteiger partial charge in [0.15, 0.2) is 9.84 Å². The number of hydrogen-bond acceptors (Lipinski definition) is 5. The van der Waals surface area contributed by atoms with Gasteiger partial charge in [-0.15, -0.1) is 0 Å². The summed E-state index contributed by atoms with van der Waals surface area (Å²) in [7, 11) is -1.46. The van der Waals surface area contributed by atoms with Gasteiger partial charge in [-0.05, 0) is 19.1 Å². The molecule has 0 bridgehead atoms. The normalized spacial score (nSPS) is 21.1. The SMILES string of the molecule is COCCN1CCN(CCS(=O)(=O)c2ccccc2)CC1C. The molecule has 0 radical (unpaired) electrons. The third-order valence-corrected chi connectivity index (χ3v) is 5.92. The lowest BCUT2D eigenvalue weighted by molar-refractivity contribution is 0.0617. The molecule has 0 saturated carbocycles. The van der Waals surface area contributed by atoms with Crippen molar-refractivity contribution in [2.45, 2.75) is 17.9 Å². The van der Waals surface area contributed by atoms with Crippen molar-refractivity contribution in [2.24, 2.45) is 0 Å². The van der Waals surface area contributed by atoms with E-state index in [1.54, 1.807) is 31.4 Å². The number of benzene rings is 1. The van der Waals surface area contributed by atoms with Crippen molar-refractivity contribution in [2.75, 3.05) is 52.2 Å². The first-order chi connectivity index (χ1) is 10.5. The van der Waals surface area contributed by atoms with Crippen LogP contribution in [0.25, 0.3) is 0 Å². The molecule has 2 rings (SSSR count). The molecule has 1 saturated heterocycles. The zero-order valence-electron chi connectivity index (χ0n) is 13.4. The fraction of sp³-hybridized carbons (Fsp3) is 0.625. The Labute approximate surface area is 133 Å². The van der Waals surface area contributed by atoms with Gasteiger partial charge in [-0.1, -0.05) is 18.2 Å². The summed E-state index contributed by atoms with van der Waals surface area (Å²) >= 11 is 0. The Hall–Kier alpha value is -0.950. The molecule has 0 amide bonds. The van der Waals surface area contributed by atoms with E-state index in [1.165, 1.54) is 0 Å². The maximum absolute atomic E-state index is 12.3. The molecule has 1 aliphatic rings. The molecule has 1 unspecified atom stereocenters. The second-order valence-electron chi connectivity index (χ2n) is 5.81. The third kappa shape index (κ3) is 4.78. The Balaban J connectivity index is 1.83. The van der Waals surface area contributed by atoms with Crippen LogP contribution in [0.5, 0.6) is 0 Å². The van der Waals surface area contributed by atoms with Gasteiger partial charge < -0.3 is 4.74 Å². The summed E-state index contributed by atoms with van der Waals surface area (Å²) < 4.78 is 29.7. The second-order valence-corrected chi connectivity index (χ2v) is 7.92. The number of piperazine rings is 1. The maximum atomic E-state index is 12.3. The third-order valence-electron chi connectivity index (χ3n) is 4.21. The predicted molar refractivity (Wildman–Crippen MR) is 87.8 cm³/mol. The minimum absolute atomic E-state index is 0.182. The molecule has 6 heteroatoms. The molecule has 0 aliphatic carbocycles. The van der Waals surface area contributed by atoms with Crippen LogP contribution in [-0.2, 0) is 14.6 Å². The number of nitrogens with zero attached hydrogens (tertiary/aromatic N) is 2. The zero-order valence-corrected chi connectivity index (χ0v) is 14.3. The average Bonchev–Trinajstić information content (AvgIpc) is 2.53. The van der Waals surface area contributed by atoms with Crippen LogP contribution in [-0.4, -0.2) is 76.5 Å². The number of sulfone groups is 1. The summed E-state index contributed by atoms with van der Waals surface area (Å²) in [6.45, 7) is 7.26. The molecular weight excluding hydrogens is 300 g/mol. The molecule has 5 nitrogen and oxygen atoms in total. The molecule has 0 N–H and O–H groups in total. The molecule has 0 spiro atoms. The predicted octanol–water partition coefficient (Wildman–Crippen LogP) is 1.11. The Kier molecular flexibility index (Phi) is 6.37. The van der Waals surface area contributed by atoms with Gasteiger partial charge in [-0.2, -0.15) is 0 Å². The second kappa shape index (κ2) is 8.06. The minimum atomic E-state index is -3.18. The van der Waals surface area contributed by atoms with Crippen molar-refractivity contribution in [3.05, 3.63) is 30.3 Å². The summed E-state index contributed by atoms with van der Waals surface area (Å²) in [5, 5.41) is 0. The van der Waals surface area contributed by atoms with E-state index in [0.29, 0.717) is 17.5 Å².